The maximum absolute atomic E-state index is 12.4. The van der Waals surface area contributed by atoms with Crippen molar-refractivity contribution in [3.8, 4) is 5.75 Å². The first-order chi connectivity index (χ1) is 16.6. The average Bonchev–Trinajstić information content (AvgIpc) is 3.05. The third kappa shape index (κ3) is 6.81. The number of methoxy groups -OCH3 is 1. The fraction of sp³-hybridized carbons (Fsp3) is 0.385. The molecule has 0 saturated carbocycles. The summed E-state index contributed by atoms with van der Waals surface area (Å²) in [6, 6.07) is 12.9. The van der Waals surface area contributed by atoms with Gasteiger partial charge in [0.1, 0.15) is 17.4 Å². The van der Waals surface area contributed by atoms with Gasteiger partial charge in [0.25, 0.3) is 11.8 Å². The van der Waals surface area contributed by atoms with Gasteiger partial charge in [-0.1, -0.05) is 24.3 Å². The summed E-state index contributed by atoms with van der Waals surface area (Å²) in [6.07, 6.45) is -0.00506. The molecule has 2 aromatic carbocycles. The van der Waals surface area contributed by atoms with Crippen LogP contribution in [-0.2, 0) is 20.7 Å². The van der Waals surface area contributed by atoms with Crippen molar-refractivity contribution >= 4 is 23.9 Å². The molecule has 0 aliphatic carbocycles. The first kappa shape index (κ1) is 25.7. The third-order valence-electron chi connectivity index (χ3n) is 5.21. The Hall–Kier alpha value is -3.88. The number of rotatable bonds is 9. The van der Waals surface area contributed by atoms with E-state index in [1.54, 1.807) is 69.3 Å². The summed E-state index contributed by atoms with van der Waals surface area (Å²) in [7, 11) is 1.25. The first-order valence-corrected chi connectivity index (χ1v) is 11.3. The van der Waals surface area contributed by atoms with Gasteiger partial charge in [-0.15, -0.1) is 0 Å². The Kier molecular flexibility index (Phi) is 8.11. The van der Waals surface area contributed by atoms with Crippen LogP contribution in [0.1, 0.15) is 53.5 Å². The maximum Gasteiger partial charge on any atom is 0.408 e. The Morgan fingerprint density at radius 3 is 2.11 bits per heavy atom. The van der Waals surface area contributed by atoms with Crippen LogP contribution in [-0.4, -0.2) is 60.7 Å². The van der Waals surface area contributed by atoms with Gasteiger partial charge >= 0.3 is 12.1 Å². The predicted octanol–water partition coefficient (Wildman–Crippen LogP) is 3.36. The summed E-state index contributed by atoms with van der Waals surface area (Å²) in [4.78, 5) is 50.2. The van der Waals surface area contributed by atoms with Gasteiger partial charge in [0, 0.05) is 13.0 Å². The normalized spacial score (nSPS) is 13.8. The molecule has 186 valence electrons. The SMILES string of the molecule is COC(=O)C(Cc1ccc(OCCCN2C(=O)c3ccccc3C2=O)cc1)NC(=O)OC(C)(C)C. The number of nitrogens with zero attached hydrogens (tertiary/aromatic N) is 1. The third-order valence-corrected chi connectivity index (χ3v) is 5.21. The van der Waals surface area contributed by atoms with E-state index < -0.39 is 23.7 Å². The number of esters is 1. The van der Waals surface area contributed by atoms with E-state index in [1.807, 2.05) is 0 Å². The van der Waals surface area contributed by atoms with Crippen molar-refractivity contribution in [2.75, 3.05) is 20.3 Å². The first-order valence-electron chi connectivity index (χ1n) is 11.3. The molecule has 35 heavy (non-hydrogen) atoms. The van der Waals surface area contributed by atoms with E-state index in [4.69, 9.17) is 14.2 Å². The summed E-state index contributed by atoms with van der Waals surface area (Å²) in [5.74, 6) is -0.541. The summed E-state index contributed by atoms with van der Waals surface area (Å²) in [5, 5.41) is 2.54. The molecule has 2 aromatic rings. The van der Waals surface area contributed by atoms with Crippen LogP contribution in [0.3, 0.4) is 0 Å². The predicted molar refractivity (Wildman–Crippen MR) is 127 cm³/mol. The average molecular weight is 483 g/mol. The van der Waals surface area contributed by atoms with Crippen molar-refractivity contribution in [1.82, 2.24) is 10.2 Å². The number of amides is 3. The Balaban J connectivity index is 1.48. The van der Waals surface area contributed by atoms with E-state index in [0.717, 1.165) is 5.56 Å². The fourth-order valence-corrected chi connectivity index (χ4v) is 3.60. The van der Waals surface area contributed by atoms with Gasteiger partial charge in [-0.25, -0.2) is 9.59 Å². The number of fused-ring (bicyclic) bond motifs is 1. The molecular formula is C26H30N2O7. The number of carbonyl (C=O) groups excluding carboxylic acids is 4. The highest BCUT2D eigenvalue weighted by Crippen LogP contribution is 2.22. The minimum absolute atomic E-state index is 0.214. The lowest BCUT2D eigenvalue weighted by atomic mass is 10.1. The van der Waals surface area contributed by atoms with Gasteiger partial charge in [0.15, 0.2) is 0 Å². The van der Waals surface area contributed by atoms with E-state index in [2.05, 4.69) is 5.32 Å². The summed E-state index contributed by atoms with van der Waals surface area (Å²) in [5.41, 5.74) is 0.957. The van der Waals surface area contributed by atoms with E-state index in [0.29, 0.717) is 29.9 Å². The number of carbonyl (C=O) groups is 4. The smallest absolute Gasteiger partial charge is 0.408 e. The van der Waals surface area contributed by atoms with Crippen molar-refractivity contribution in [1.29, 1.82) is 0 Å². The number of benzene rings is 2. The second-order valence-electron chi connectivity index (χ2n) is 9.08. The zero-order chi connectivity index (χ0) is 25.6. The lowest BCUT2D eigenvalue weighted by Crippen LogP contribution is -2.45. The van der Waals surface area contributed by atoms with Crippen molar-refractivity contribution < 1.29 is 33.4 Å². The lowest BCUT2D eigenvalue weighted by molar-refractivity contribution is -0.143. The Morgan fingerprint density at radius 1 is 0.971 bits per heavy atom. The number of hydrogen-bond donors (Lipinski definition) is 1. The Bertz CT molecular complexity index is 1050. The highest BCUT2D eigenvalue weighted by molar-refractivity contribution is 6.21. The molecule has 1 unspecified atom stereocenters. The molecule has 1 heterocycles. The molecule has 1 aliphatic rings. The number of imide groups is 1. The van der Waals surface area contributed by atoms with Crippen LogP contribution >= 0.6 is 0 Å². The standard InChI is InChI=1S/C26H30N2O7/c1-26(2,3)35-25(32)27-21(24(31)33-4)16-17-10-12-18(13-11-17)34-15-7-14-28-22(29)19-8-5-6-9-20(19)23(28)30/h5-6,8-13,21H,7,14-16H2,1-4H3,(H,27,32). The molecule has 9 nitrogen and oxygen atoms in total. The monoisotopic (exact) mass is 482 g/mol. The van der Waals surface area contributed by atoms with Crippen LogP contribution in [0.5, 0.6) is 5.75 Å². The Labute approximate surface area is 204 Å². The highest BCUT2D eigenvalue weighted by Gasteiger charge is 2.34. The van der Waals surface area contributed by atoms with Gasteiger partial charge in [-0.2, -0.15) is 0 Å². The van der Waals surface area contributed by atoms with E-state index in [9.17, 15) is 19.2 Å². The topological polar surface area (TPSA) is 111 Å². The highest BCUT2D eigenvalue weighted by atomic mass is 16.6. The molecule has 0 radical (unpaired) electrons. The van der Waals surface area contributed by atoms with Crippen LogP contribution in [0.2, 0.25) is 0 Å². The number of ether oxygens (including phenoxy) is 3. The Morgan fingerprint density at radius 2 is 1.57 bits per heavy atom. The molecule has 0 bridgehead atoms. The number of alkyl carbamates (subject to hydrolysis) is 1. The number of hydrogen-bond acceptors (Lipinski definition) is 7. The molecule has 0 saturated heterocycles. The van der Waals surface area contributed by atoms with Gasteiger partial charge < -0.3 is 19.5 Å². The molecule has 0 spiro atoms. The minimum atomic E-state index is -0.902. The van der Waals surface area contributed by atoms with Crippen LogP contribution < -0.4 is 10.1 Å². The maximum atomic E-state index is 12.4. The molecule has 1 N–H and O–H groups in total. The van der Waals surface area contributed by atoms with Crippen molar-refractivity contribution in [3.05, 3.63) is 65.2 Å². The van der Waals surface area contributed by atoms with E-state index in [-0.39, 0.29) is 24.8 Å². The largest absolute Gasteiger partial charge is 0.494 e. The second kappa shape index (κ2) is 11.0. The summed E-state index contributed by atoms with van der Waals surface area (Å²) < 4.78 is 15.7. The minimum Gasteiger partial charge on any atom is -0.494 e. The van der Waals surface area contributed by atoms with Gasteiger partial charge in [-0.3, -0.25) is 14.5 Å². The van der Waals surface area contributed by atoms with Crippen molar-refractivity contribution in [2.45, 2.75) is 45.3 Å². The van der Waals surface area contributed by atoms with Crippen molar-refractivity contribution in [3.63, 3.8) is 0 Å². The molecule has 1 aliphatic heterocycles. The molecule has 1 atom stereocenters. The van der Waals surface area contributed by atoms with E-state index in [1.165, 1.54) is 12.0 Å². The van der Waals surface area contributed by atoms with Gasteiger partial charge in [0.2, 0.25) is 0 Å². The van der Waals surface area contributed by atoms with Crippen LogP contribution in [0.15, 0.2) is 48.5 Å². The molecule has 0 aromatic heterocycles. The molecular weight excluding hydrogens is 452 g/mol. The van der Waals surface area contributed by atoms with Gasteiger partial charge in [-0.05, 0) is 57.0 Å². The van der Waals surface area contributed by atoms with Crippen LogP contribution in [0.25, 0.3) is 0 Å². The lowest BCUT2D eigenvalue weighted by Gasteiger charge is -2.22. The van der Waals surface area contributed by atoms with Gasteiger partial charge in [0.05, 0.1) is 24.8 Å². The zero-order valence-electron chi connectivity index (χ0n) is 20.3. The van der Waals surface area contributed by atoms with Crippen LogP contribution in [0, 0.1) is 0 Å². The summed E-state index contributed by atoms with van der Waals surface area (Å²) >= 11 is 0. The quantitative estimate of drug-likeness (QED) is 0.331. The molecule has 9 heteroatoms. The molecule has 0 fully saturated rings. The second-order valence-corrected chi connectivity index (χ2v) is 9.08. The molecule has 3 amide bonds. The zero-order valence-corrected chi connectivity index (χ0v) is 20.3. The van der Waals surface area contributed by atoms with Crippen molar-refractivity contribution in [2.24, 2.45) is 0 Å². The molecule has 3 rings (SSSR count). The van der Waals surface area contributed by atoms with E-state index >= 15 is 0 Å². The fourth-order valence-electron chi connectivity index (χ4n) is 3.60. The summed E-state index contributed by atoms with van der Waals surface area (Å²) in [6.45, 7) is 5.79. The number of nitrogens with one attached hydrogen (secondary N) is 1. The van der Waals surface area contributed by atoms with Crippen LogP contribution in [0.4, 0.5) is 4.79 Å².